The van der Waals surface area contributed by atoms with Crippen LogP contribution in [0.25, 0.3) is 0 Å². The molecule has 1 unspecified atom stereocenters. The summed E-state index contributed by atoms with van der Waals surface area (Å²) in [6.07, 6.45) is -1.40. The standard InChI is InChI=1S/C11H20F3N3O2S/c12-11(13,14)8-17(9-4-5-9)20(18,19)16-6-2-1-3-10(16)7-15/h9-10H,1-8,15H2. The van der Waals surface area contributed by atoms with Crippen LogP contribution in [0.15, 0.2) is 0 Å². The van der Waals surface area contributed by atoms with Gasteiger partial charge < -0.3 is 5.73 Å². The summed E-state index contributed by atoms with van der Waals surface area (Å²) in [5, 5.41) is 0. The number of halogens is 3. The highest BCUT2D eigenvalue weighted by molar-refractivity contribution is 7.86. The van der Waals surface area contributed by atoms with Crippen LogP contribution < -0.4 is 5.73 Å². The van der Waals surface area contributed by atoms with Gasteiger partial charge >= 0.3 is 6.18 Å². The summed E-state index contributed by atoms with van der Waals surface area (Å²) in [4.78, 5) is 0. The van der Waals surface area contributed by atoms with Gasteiger partial charge in [-0.15, -0.1) is 0 Å². The lowest BCUT2D eigenvalue weighted by Gasteiger charge is -2.37. The Morgan fingerprint density at radius 3 is 2.35 bits per heavy atom. The molecule has 0 aromatic heterocycles. The summed E-state index contributed by atoms with van der Waals surface area (Å²) in [6, 6.07) is -0.898. The zero-order valence-corrected chi connectivity index (χ0v) is 12.0. The van der Waals surface area contributed by atoms with Gasteiger partial charge in [0, 0.05) is 25.2 Å². The summed E-state index contributed by atoms with van der Waals surface area (Å²) in [6.45, 7) is -1.01. The second-order valence-corrected chi connectivity index (χ2v) is 7.23. The molecule has 2 fully saturated rings. The summed E-state index contributed by atoms with van der Waals surface area (Å²) < 4.78 is 64.7. The van der Waals surface area contributed by atoms with Crippen LogP contribution in [-0.2, 0) is 10.2 Å². The molecule has 0 spiro atoms. The summed E-state index contributed by atoms with van der Waals surface area (Å²) in [7, 11) is -4.09. The van der Waals surface area contributed by atoms with Crippen molar-refractivity contribution in [1.82, 2.24) is 8.61 Å². The number of nitrogens with zero attached hydrogens (tertiary/aromatic N) is 2. The molecule has 1 aliphatic carbocycles. The maximum absolute atomic E-state index is 12.6. The fourth-order valence-electron chi connectivity index (χ4n) is 2.59. The van der Waals surface area contributed by atoms with Crippen LogP contribution in [0.4, 0.5) is 13.2 Å². The number of alkyl halides is 3. The van der Waals surface area contributed by atoms with Gasteiger partial charge in [-0.3, -0.25) is 0 Å². The van der Waals surface area contributed by atoms with E-state index < -0.39 is 29.0 Å². The van der Waals surface area contributed by atoms with E-state index in [1.54, 1.807) is 0 Å². The molecule has 118 valence electrons. The van der Waals surface area contributed by atoms with Crippen LogP contribution >= 0.6 is 0 Å². The Kier molecular flexibility index (Phi) is 4.63. The normalized spacial score (nSPS) is 26.1. The first-order chi connectivity index (χ1) is 9.25. The third kappa shape index (κ3) is 3.63. The van der Waals surface area contributed by atoms with Gasteiger partial charge in [0.15, 0.2) is 0 Å². The Hall–Kier alpha value is -0.380. The van der Waals surface area contributed by atoms with Gasteiger partial charge in [-0.2, -0.15) is 30.2 Å². The van der Waals surface area contributed by atoms with E-state index in [0.717, 1.165) is 6.42 Å². The fraction of sp³-hybridized carbons (Fsp3) is 1.00. The Bertz CT molecular complexity index is 437. The number of hydrogen-bond acceptors (Lipinski definition) is 3. The molecule has 1 saturated heterocycles. The molecule has 0 radical (unpaired) electrons. The Morgan fingerprint density at radius 2 is 1.85 bits per heavy atom. The number of nitrogens with two attached hydrogens (primary N) is 1. The number of hydrogen-bond donors (Lipinski definition) is 1. The van der Waals surface area contributed by atoms with Crippen LogP contribution in [0.3, 0.4) is 0 Å². The van der Waals surface area contributed by atoms with Gasteiger partial charge in [0.1, 0.15) is 6.54 Å². The van der Waals surface area contributed by atoms with Crippen molar-refractivity contribution in [3.63, 3.8) is 0 Å². The van der Waals surface area contributed by atoms with Gasteiger partial charge in [0.2, 0.25) is 0 Å². The Balaban J connectivity index is 2.21. The molecule has 0 amide bonds. The number of rotatable bonds is 5. The fourth-order valence-corrected chi connectivity index (χ4v) is 4.68. The van der Waals surface area contributed by atoms with Crippen LogP contribution in [0.5, 0.6) is 0 Å². The molecule has 9 heteroatoms. The van der Waals surface area contributed by atoms with Crippen LogP contribution in [-0.4, -0.2) is 54.9 Å². The predicted octanol–water partition coefficient (Wildman–Crippen LogP) is 1.07. The highest BCUT2D eigenvalue weighted by Gasteiger charge is 2.47. The van der Waals surface area contributed by atoms with E-state index in [4.69, 9.17) is 5.73 Å². The molecule has 0 aromatic carbocycles. The summed E-state index contributed by atoms with van der Waals surface area (Å²) >= 11 is 0. The largest absolute Gasteiger partial charge is 0.402 e. The maximum Gasteiger partial charge on any atom is 0.402 e. The topological polar surface area (TPSA) is 66.6 Å². The molecular weight excluding hydrogens is 295 g/mol. The van der Waals surface area contributed by atoms with Crippen molar-refractivity contribution in [2.45, 2.75) is 50.4 Å². The molecule has 2 rings (SSSR count). The van der Waals surface area contributed by atoms with Crippen LogP contribution in [0.1, 0.15) is 32.1 Å². The predicted molar refractivity (Wildman–Crippen MR) is 68.1 cm³/mol. The molecule has 2 N–H and O–H groups in total. The van der Waals surface area contributed by atoms with Crippen molar-refractivity contribution in [2.24, 2.45) is 5.73 Å². The zero-order valence-electron chi connectivity index (χ0n) is 11.1. The Morgan fingerprint density at radius 1 is 1.20 bits per heavy atom. The first-order valence-electron chi connectivity index (χ1n) is 6.81. The lowest BCUT2D eigenvalue weighted by molar-refractivity contribution is -0.137. The van der Waals surface area contributed by atoms with E-state index in [-0.39, 0.29) is 19.1 Å². The van der Waals surface area contributed by atoms with Crippen molar-refractivity contribution in [3.05, 3.63) is 0 Å². The van der Waals surface area contributed by atoms with Crippen molar-refractivity contribution < 1.29 is 21.6 Å². The smallest absolute Gasteiger partial charge is 0.329 e. The van der Waals surface area contributed by atoms with E-state index in [1.165, 1.54) is 4.31 Å². The zero-order chi connectivity index (χ0) is 15.0. The molecule has 1 saturated carbocycles. The molecule has 1 atom stereocenters. The highest BCUT2D eigenvalue weighted by atomic mass is 32.2. The minimum absolute atomic E-state index is 0.143. The summed E-state index contributed by atoms with van der Waals surface area (Å²) in [5.41, 5.74) is 5.56. The van der Waals surface area contributed by atoms with Gasteiger partial charge in [-0.1, -0.05) is 6.42 Å². The Labute approximate surface area is 117 Å². The third-order valence-corrected chi connectivity index (χ3v) is 5.82. The lowest BCUT2D eigenvalue weighted by Crippen LogP contribution is -2.55. The van der Waals surface area contributed by atoms with Gasteiger partial charge in [-0.05, 0) is 25.7 Å². The van der Waals surface area contributed by atoms with Gasteiger partial charge in [-0.25, -0.2) is 0 Å². The average Bonchev–Trinajstić information content (AvgIpc) is 3.19. The van der Waals surface area contributed by atoms with Crippen molar-refractivity contribution in [3.8, 4) is 0 Å². The second-order valence-electron chi connectivity index (χ2n) is 5.40. The maximum atomic E-state index is 12.6. The monoisotopic (exact) mass is 315 g/mol. The quantitative estimate of drug-likeness (QED) is 0.825. The van der Waals surface area contributed by atoms with Crippen LogP contribution in [0.2, 0.25) is 0 Å². The minimum atomic E-state index is -4.52. The van der Waals surface area contributed by atoms with E-state index in [9.17, 15) is 21.6 Å². The molecule has 1 heterocycles. The second kappa shape index (κ2) is 5.78. The van der Waals surface area contributed by atoms with Gasteiger partial charge in [0.25, 0.3) is 10.2 Å². The first kappa shape index (κ1) is 16.0. The van der Waals surface area contributed by atoms with Crippen molar-refractivity contribution in [2.75, 3.05) is 19.6 Å². The van der Waals surface area contributed by atoms with Crippen molar-refractivity contribution in [1.29, 1.82) is 0 Å². The highest BCUT2D eigenvalue weighted by Crippen LogP contribution is 2.35. The van der Waals surface area contributed by atoms with E-state index >= 15 is 0 Å². The summed E-state index contributed by atoms with van der Waals surface area (Å²) in [5.74, 6) is 0. The molecule has 20 heavy (non-hydrogen) atoms. The first-order valence-corrected chi connectivity index (χ1v) is 8.21. The molecule has 0 bridgehead atoms. The third-order valence-electron chi connectivity index (χ3n) is 3.73. The van der Waals surface area contributed by atoms with E-state index in [0.29, 0.717) is 30.0 Å². The van der Waals surface area contributed by atoms with Gasteiger partial charge in [0.05, 0.1) is 0 Å². The number of piperidine rings is 1. The SMILES string of the molecule is NCC1CCCCN1S(=O)(=O)N(CC(F)(F)F)C1CC1. The van der Waals surface area contributed by atoms with E-state index in [2.05, 4.69) is 0 Å². The van der Waals surface area contributed by atoms with Crippen molar-refractivity contribution >= 4 is 10.2 Å². The molecule has 0 aromatic rings. The lowest BCUT2D eigenvalue weighted by atomic mass is 10.1. The molecular formula is C11H20F3N3O2S. The van der Waals surface area contributed by atoms with Crippen LogP contribution in [0, 0.1) is 0 Å². The van der Waals surface area contributed by atoms with E-state index in [1.807, 2.05) is 0 Å². The molecule has 5 nitrogen and oxygen atoms in total. The molecule has 1 aliphatic heterocycles. The minimum Gasteiger partial charge on any atom is -0.329 e. The molecule has 2 aliphatic rings. The average molecular weight is 315 g/mol.